The van der Waals surface area contributed by atoms with Gasteiger partial charge in [-0.2, -0.15) is 0 Å². The van der Waals surface area contributed by atoms with E-state index in [1.807, 2.05) is 27.7 Å². The van der Waals surface area contributed by atoms with E-state index in [2.05, 4.69) is 10.0 Å². The number of rotatable bonds is 1. The lowest BCUT2D eigenvalue weighted by atomic mass is 10.2. The first-order valence-corrected chi connectivity index (χ1v) is 5.37. The third-order valence-corrected chi connectivity index (χ3v) is 2.40. The first kappa shape index (κ1) is 12.6. The Hall–Kier alpha value is -1.42. The Labute approximate surface area is 95.2 Å². The highest BCUT2D eigenvalue weighted by Gasteiger charge is 2.34. The van der Waals surface area contributed by atoms with Crippen LogP contribution in [0.3, 0.4) is 0 Å². The summed E-state index contributed by atoms with van der Waals surface area (Å²) in [5.74, 6) is 0. The largest absolute Gasteiger partial charge is 0.444 e. The Morgan fingerprint density at radius 1 is 1.56 bits per heavy atom. The molecule has 2 atom stereocenters. The molecule has 1 amide bonds. The zero-order valence-electron chi connectivity index (χ0n) is 10.2. The van der Waals surface area contributed by atoms with Gasteiger partial charge in [-0.25, -0.2) is 4.79 Å². The van der Waals surface area contributed by atoms with Crippen LogP contribution in [0.25, 0.3) is 10.4 Å². The Kier molecular flexibility index (Phi) is 3.65. The first-order valence-electron chi connectivity index (χ1n) is 5.37. The summed E-state index contributed by atoms with van der Waals surface area (Å²) in [4.78, 5) is 16.2. The van der Waals surface area contributed by atoms with Gasteiger partial charge >= 0.3 is 6.09 Å². The Morgan fingerprint density at radius 3 is 2.69 bits per heavy atom. The van der Waals surface area contributed by atoms with Gasteiger partial charge in [-0.05, 0) is 39.6 Å². The second kappa shape index (κ2) is 4.61. The van der Waals surface area contributed by atoms with Gasteiger partial charge in [-0.15, -0.1) is 0 Å². The van der Waals surface area contributed by atoms with Crippen LogP contribution < -0.4 is 0 Å². The molecule has 0 bridgehead atoms. The Morgan fingerprint density at radius 2 is 2.19 bits per heavy atom. The highest BCUT2D eigenvalue weighted by atomic mass is 16.6. The minimum absolute atomic E-state index is 0.0605. The number of nitrogens with zero attached hydrogens (tertiary/aromatic N) is 4. The summed E-state index contributed by atoms with van der Waals surface area (Å²) < 4.78 is 5.27. The van der Waals surface area contributed by atoms with Gasteiger partial charge in [0.05, 0.1) is 6.04 Å². The van der Waals surface area contributed by atoms with Crippen LogP contribution in [0.2, 0.25) is 0 Å². The van der Waals surface area contributed by atoms with Crippen molar-refractivity contribution in [2.24, 2.45) is 5.11 Å². The van der Waals surface area contributed by atoms with Gasteiger partial charge < -0.3 is 9.64 Å². The first-order chi connectivity index (χ1) is 7.33. The Balaban J connectivity index is 2.61. The van der Waals surface area contributed by atoms with Crippen LogP contribution >= 0.6 is 0 Å². The molecule has 90 valence electrons. The monoisotopic (exact) mass is 226 g/mol. The maximum atomic E-state index is 11.8. The molecule has 0 aliphatic carbocycles. The van der Waals surface area contributed by atoms with Crippen LogP contribution in [-0.4, -0.2) is 35.2 Å². The number of carbonyl (C=O) groups excluding carboxylic acids is 1. The van der Waals surface area contributed by atoms with E-state index in [9.17, 15) is 4.79 Å². The summed E-state index contributed by atoms with van der Waals surface area (Å²) in [7, 11) is 0. The molecule has 1 heterocycles. The van der Waals surface area contributed by atoms with Crippen LogP contribution in [0.4, 0.5) is 4.79 Å². The van der Waals surface area contributed by atoms with Gasteiger partial charge in [0.15, 0.2) is 0 Å². The summed E-state index contributed by atoms with van der Waals surface area (Å²) in [5, 5.41) is 3.63. The van der Waals surface area contributed by atoms with Crippen molar-refractivity contribution in [3.63, 3.8) is 0 Å². The molecule has 0 aromatic heterocycles. The fraction of sp³-hybridized carbons (Fsp3) is 0.900. The van der Waals surface area contributed by atoms with Gasteiger partial charge in [0, 0.05) is 17.5 Å². The molecule has 1 fully saturated rings. The molecular formula is C10H18N4O2. The van der Waals surface area contributed by atoms with Crippen molar-refractivity contribution in [2.45, 2.75) is 51.8 Å². The number of azide groups is 1. The van der Waals surface area contributed by atoms with Crippen molar-refractivity contribution in [2.75, 3.05) is 6.54 Å². The highest BCUT2D eigenvalue weighted by molar-refractivity contribution is 5.69. The second-order valence-corrected chi connectivity index (χ2v) is 5.08. The average Bonchev–Trinajstić information content (AvgIpc) is 2.44. The third kappa shape index (κ3) is 3.31. The summed E-state index contributed by atoms with van der Waals surface area (Å²) in [6.07, 6.45) is 0.360. The lowest BCUT2D eigenvalue weighted by Crippen LogP contribution is -2.39. The lowest BCUT2D eigenvalue weighted by molar-refractivity contribution is 0.0237. The van der Waals surface area contributed by atoms with Crippen molar-refractivity contribution >= 4 is 6.09 Å². The van der Waals surface area contributed by atoms with E-state index < -0.39 is 5.60 Å². The molecule has 1 saturated heterocycles. The SMILES string of the molecule is CC1C[C@@H](N=[N+]=[N-])CN1C(=O)OC(C)(C)C. The number of amides is 1. The fourth-order valence-electron chi connectivity index (χ4n) is 1.73. The number of carbonyl (C=O) groups is 1. The van der Waals surface area contributed by atoms with Crippen LogP contribution in [0, 0.1) is 0 Å². The van der Waals surface area contributed by atoms with Crippen LogP contribution in [-0.2, 0) is 4.74 Å². The fourth-order valence-corrected chi connectivity index (χ4v) is 1.73. The maximum Gasteiger partial charge on any atom is 0.410 e. The normalized spacial score (nSPS) is 25.1. The standard InChI is InChI=1S/C10H18N4O2/c1-7-5-8(12-13-11)6-14(7)9(15)16-10(2,3)4/h7-8H,5-6H2,1-4H3/t7?,8-/m1/s1. The predicted octanol–water partition coefficient (Wildman–Crippen LogP) is 2.69. The molecule has 0 radical (unpaired) electrons. The van der Waals surface area contributed by atoms with E-state index in [1.165, 1.54) is 0 Å². The molecule has 0 aromatic carbocycles. The number of ether oxygens (including phenoxy) is 1. The molecule has 0 spiro atoms. The minimum Gasteiger partial charge on any atom is -0.444 e. The summed E-state index contributed by atoms with van der Waals surface area (Å²) >= 11 is 0. The molecule has 1 rings (SSSR count). The molecule has 0 saturated carbocycles. The maximum absolute atomic E-state index is 11.8. The van der Waals surface area contributed by atoms with Gasteiger partial charge in [0.1, 0.15) is 5.60 Å². The average molecular weight is 226 g/mol. The topological polar surface area (TPSA) is 78.3 Å². The van der Waals surface area contributed by atoms with Gasteiger partial charge in [-0.1, -0.05) is 5.11 Å². The van der Waals surface area contributed by atoms with Crippen molar-refractivity contribution in [1.82, 2.24) is 4.90 Å². The van der Waals surface area contributed by atoms with E-state index in [4.69, 9.17) is 10.3 Å². The molecule has 1 aliphatic rings. The number of hydrogen-bond donors (Lipinski definition) is 0. The summed E-state index contributed by atoms with van der Waals surface area (Å²) in [6.45, 7) is 7.86. The van der Waals surface area contributed by atoms with E-state index in [-0.39, 0.29) is 18.2 Å². The molecule has 6 heteroatoms. The van der Waals surface area contributed by atoms with Crippen molar-refractivity contribution in [1.29, 1.82) is 0 Å². The zero-order valence-corrected chi connectivity index (χ0v) is 10.2. The molecule has 1 aliphatic heterocycles. The lowest BCUT2D eigenvalue weighted by Gasteiger charge is -2.26. The van der Waals surface area contributed by atoms with E-state index in [1.54, 1.807) is 4.90 Å². The van der Waals surface area contributed by atoms with E-state index in [0.29, 0.717) is 13.0 Å². The molecule has 0 N–H and O–H groups in total. The van der Waals surface area contributed by atoms with Gasteiger partial charge in [0.25, 0.3) is 0 Å². The molecule has 6 nitrogen and oxygen atoms in total. The minimum atomic E-state index is -0.493. The smallest absolute Gasteiger partial charge is 0.410 e. The molecule has 16 heavy (non-hydrogen) atoms. The Bertz CT molecular complexity index is 317. The predicted molar refractivity (Wildman–Crippen MR) is 60.0 cm³/mol. The summed E-state index contributed by atoms with van der Waals surface area (Å²) in [5.41, 5.74) is 7.86. The second-order valence-electron chi connectivity index (χ2n) is 5.08. The number of likely N-dealkylation sites (tertiary alicyclic amines) is 1. The molecular weight excluding hydrogens is 208 g/mol. The van der Waals surface area contributed by atoms with Crippen LogP contribution in [0.15, 0.2) is 5.11 Å². The van der Waals surface area contributed by atoms with Crippen molar-refractivity contribution < 1.29 is 9.53 Å². The quantitative estimate of drug-likeness (QED) is 0.391. The van der Waals surface area contributed by atoms with Gasteiger partial charge in [-0.3, -0.25) is 0 Å². The van der Waals surface area contributed by atoms with Crippen LogP contribution in [0.5, 0.6) is 0 Å². The van der Waals surface area contributed by atoms with Crippen LogP contribution in [0.1, 0.15) is 34.1 Å². The number of hydrogen-bond acceptors (Lipinski definition) is 3. The van der Waals surface area contributed by atoms with Crippen molar-refractivity contribution in [3.8, 4) is 0 Å². The zero-order chi connectivity index (χ0) is 12.3. The van der Waals surface area contributed by atoms with Gasteiger partial charge in [0.2, 0.25) is 0 Å². The molecule has 0 aromatic rings. The summed E-state index contributed by atoms with van der Waals surface area (Å²) in [6, 6.07) is -0.0714. The van der Waals surface area contributed by atoms with E-state index in [0.717, 1.165) is 0 Å². The third-order valence-electron chi connectivity index (χ3n) is 2.40. The van der Waals surface area contributed by atoms with Crippen molar-refractivity contribution in [3.05, 3.63) is 10.4 Å². The molecule has 1 unspecified atom stereocenters. The van der Waals surface area contributed by atoms with E-state index >= 15 is 0 Å². The highest BCUT2D eigenvalue weighted by Crippen LogP contribution is 2.22.